The lowest BCUT2D eigenvalue weighted by atomic mass is 9.80. The molecule has 4 aromatic rings. The number of likely N-dealkylation sites (tertiary alicyclic amines) is 1. The molecule has 1 saturated heterocycles. The van der Waals surface area contributed by atoms with Crippen LogP contribution in [-0.4, -0.2) is 40.5 Å². The van der Waals surface area contributed by atoms with E-state index in [1.165, 1.54) is 31.1 Å². The number of halogens is 1. The third-order valence-electron chi connectivity index (χ3n) is 8.21. The van der Waals surface area contributed by atoms with Gasteiger partial charge in [0.05, 0.1) is 13.3 Å². The number of nitrogens with one attached hydrogen (secondary N) is 1. The van der Waals surface area contributed by atoms with E-state index in [4.69, 9.17) is 21.1 Å². The van der Waals surface area contributed by atoms with Gasteiger partial charge in [-0.1, -0.05) is 35.9 Å². The van der Waals surface area contributed by atoms with Crippen LogP contribution in [0.1, 0.15) is 72.0 Å². The summed E-state index contributed by atoms with van der Waals surface area (Å²) in [4.78, 5) is 22.7. The molecule has 0 bridgehead atoms. The number of hydrogen-bond acceptors (Lipinski definition) is 5. The molecule has 2 aromatic carbocycles. The number of pyridine rings is 1. The summed E-state index contributed by atoms with van der Waals surface area (Å²) in [5.74, 6) is 1.10. The maximum atomic E-state index is 12.5. The van der Waals surface area contributed by atoms with E-state index in [9.17, 15) is 4.79 Å². The molecule has 2 aliphatic rings. The fraction of sp³-hybridized carbons (Fsp3) is 0.355. The van der Waals surface area contributed by atoms with Crippen molar-refractivity contribution < 1.29 is 14.3 Å². The molecule has 2 aromatic heterocycles. The van der Waals surface area contributed by atoms with Gasteiger partial charge in [0.2, 0.25) is 0 Å². The summed E-state index contributed by atoms with van der Waals surface area (Å²) in [6.45, 7) is 1.14. The van der Waals surface area contributed by atoms with Gasteiger partial charge < -0.3 is 14.5 Å². The topological polar surface area (TPSA) is 67.4 Å². The number of carbonyl (C=O) groups is 1. The smallest absolute Gasteiger partial charge is 0.341 e. The molecule has 1 unspecified atom stereocenters. The molecule has 38 heavy (non-hydrogen) atoms. The van der Waals surface area contributed by atoms with Gasteiger partial charge in [-0.3, -0.25) is 4.90 Å². The Morgan fingerprint density at radius 2 is 1.89 bits per heavy atom. The molecule has 1 saturated carbocycles. The molecule has 2 fully saturated rings. The van der Waals surface area contributed by atoms with E-state index < -0.39 is 5.97 Å². The van der Waals surface area contributed by atoms with Crippen molar-refractivity contribution in [3.05, 3.63) is 88.7 Å². The number of fused-ring (bicyclic) bond motifs is 1. The Bertz CT molecular complexity index is 1440. The summed E-state index contributed by atoms with van der Waals surface area (Å²) in [6.07, 6.45) is 10.4. The Labute approximate surface area is 227 Å². The van der Waals surface area contributed by atoms with Gasteiger partial charge in [0.15, 0.2) is 0 Å². The molecule has 6 rings (SSSR count). The molecule has 0 spiro atoms. The second kappa shape index (κ2) is 10.8. The van der Waals surface area contributed by atoms with Crippen molar-refractivity contribution in [3.8, 4) is 11.5 Å². The molecule has 196 valence electrons. The van der Waals surface area contributed by atoms with Crippen LogP contribution in [-0.2, 0) is 4.74 Å². The standard InChI is InChI=1S/C31H32ClN3O3/c1-37-31(36)26-13-10-21(18-29(26)38-24-17-22-14-15-33-30(22)34-19-24)20-8-11-23(12-9-20)35-16-4-7-28(35)25-5-2-3-6-27(25)32/h2-3,5-6,10,13-15,17-20,23,28H,4,7-9,11-12,16H2,1H3,(H,33,34)/t20-,23-,28?. The van der Waals surface area contributed by atoms with Crippen LogP contribution in [0.2, 0.25) is 5.02 Å². The fourth-order valence-corrected chi connectivity index (χ4v) is 6.57. The van der Waals surface area contributed by atoms with Crippen molar-refractivity contribution in [3.63, 3.8) is 0 Å². The molecule has 1 aliphatic carbocycles. The Kier molecular flexibility index (Phi) is 7.09. The van der Waals surface area contributed by atoms with Crippen LogP contribution in [0, 0.1) is 0 Å². The molecule has 6 nitrogen and oxygen atoms in total. The van der Waals surface area contributed by atoms with Crippen molar-refractivity contribution in [2.75, 3.05) is 13.7 Å². The lowest BCUT2D eigenvalue weighted by molar-refractivity contribution is 0.0598. The molecule has 1 aliphatic heterocycles. The zero-order chi connectivity index (χ0) is 26.1. The van der Waals surface area contributed by atoms with Gasteiger partial charge in [-0.15, -0.1) is 0 Å². The first-order valence-corrected chi connectivity index (χ1v) is 13.8. The number of hydrogen-bond donors (Lipinski definition) is 1. The van der Waals surface area contributed by atoms with Crippen molar-refractivity contribution in [2.45, 2.75) is 56.5 Å². The number of methoxy groups -OCH3 is 1. The van der Waals surface area contributed by atoms with Crippen LogP contribution in [0.3, 0.4) is 0 Å². The van der Waals surface area contributed by atoms with Gasteiger partial charge in [-0.05, 0) is 92.4 Å². The summed E-state index contributed by atoms with van der Waals surface area (Å²) in [5, 5.41) is 1.83. The minimum absolute atomic E-state index is 0.411. The first kappa shape index (κ1) is 25.0. The Balaban J connectivity index is 1.19. The number of benzene rings is 2. The minimum Gasteiger partial charge on any atom is -0.465 e. The van der Waals surface area contributed by atoms with Gasteiger partial charge in [-0.2, -0.15) is 0 Å². The number of nitrogens with zero attached hydrogens (tertiary/aromatic N) is 2. The number of H-pyrrole nitrogens is 1. The lowest BCUT2D eigenvalue weighted by Gasteiger charge is -2.38. The maximum Gasteiger partial charge on any atom is 0.341 e. The number of esters is 1. The molecule has 0 radical (unpaired) electrons. The Morgan fingerprint density at radius 1 is 1.05 bits per heavy atom. The van der Waals surface area contributed by atoms with E-state index in [0.717, 1.165) is 48.3 Å². The highest BCUT2D eigenvalue weighted by molar-refractivity contribution is 6.31. The molecular weight excluding hydrogens is 498 g/mol. The van der Waals surface area contributed by atoms with Crippen LogP contribution in [0.5, 0.6) is 11.5 Å². The number of aromatic amines is 1. The number of rotatable bonds is 6. The third kappa shape index (κ3) is 4.91. The monoisotopic (exact) mass is 529 g/mol. The number of carbonyl (C=O) groups excluding carboxylic acids is 1. The molecule has 7 heteroatoms. The molecular formula is C31H32ClN3O3. The van der Waals surface area contributed by atoms with Crippen LogP contribution in [0.25, 0.3) is 11.0 Å². The lowest BCUT2D eigenvalue weighted by Crippen LogP contribution is -2.37. The van der Waals surface area contributed by atoms with E-state index in [0.29, 0.717) is 35.1 Å². The summed E-state index contributed by atoms with van der Waals surface area (Å²) >= 11 is 6.58. The summed E-state index contributed by atoms with van der Waals surface area (Å²) in [5.41, 5.74) is 3.68. The number of aromatic nitrogens is 2. The summed E-state index contributed by atoms with van der Waals surface area (Å²) in [7, 11) is 1.39. The first-order chi connectivity index (χ1) is 18.6. The van der Waals surface area contributed by atoms with Gasteiger partial charge >= 0.3 is 5.97 Å². The molecule has 3 heterocycles. The normalized spacial score (nSPS) is 22.0. The van der Waals surface area contributed by atoms with E-state index in [2.05, 4.69) is 33.1 Å². The SMILES string of the molecule is COC(=O)c1ccc([C@H]2CC[C@H](N3CCCC3c3ccccc3Cl)CC2)cc1Oc1cnc2[nH]ccc2c1. The Morgan fingerprint density at radius 3 is 2.71 bits per heavy atom. The van der Waals surface area contributed by atoms with E-state index in [1.54, 1.807) is 6.20 Å². The van der Waals surface area contributed by atoms with Crippen LogP contribution in [0.15, 0.2) is 67.0 Å². The molecule has 1 N–H and O–H groups in total. The average Bonchev–Trinajstić information content (AvgIpc) is 3.63. The highest BCUT2D eigenvalue weighted by atomic mass is 35.5. The van der Waals surface area contributed by atoms with Crippen molar-refractivity contribution in [2.24, 2.45) is 0 Å². The zero-order valence-electron chi connectivity index (χ0n) is 21.5. The second-order valence-corrected chi connectivity index (χ2v) is 10.8. The minimum atomic E-state index is -0.411. The van der Waals surface area contributed by atoms with E-state index in [1.807, 2.05) is 42.6 Å². The maximum absolute atomic E-state index is 12.5. The third-order valence-corrected chi connectivity index (χ3v) is 8.55. The predicted molar refractivity (Wildman–Crippen MR) is 149 cm³/mol. The zero-order valence-corrected chi connectivity index (χ0v) is 22.3. The van der Waals surface area contributed by atoms with Gasteiger partial charge in [0, 0.05) is 28.7 Å². The molecule has 0 amide bonds. The van der Waals surface area contributed by atoms with Crippen LogP contribution < -0.4 is 4.74 Å². The van der Waals surface area contributed by atoms with Crippen LogP contribution >= 0.6 is 11.6 Å². The van der Waals surface area contributed by atoms with E-state index >= 15 is 0 Å². The molecule has 1 atom stereocenters. The van der Waals surface area contributed by atoms with Crippen molar-refractivity contribution in [1.29, 1.82) is 0 Å². The summed E-state index contributed by atoms with van der Waals surface area (Å²) < 4.78 is 11.2. The van der Waals surface area contributed by atoms with Crippen molar-refractivity contribution in [1.82, 2.24) is 14.9 Å². The highest BCUT2D eigenvalue weighted by Crippen LogP contribution is 2.43. The van der Waals surface area contributed by atoms with Gasteiger partial charge in [0.1, 0.15) is 22.7 Å². The summed E-state index contributed by atoms with van der Waals surface area (Å²) in [6, 6.07) is 19.0. The van der Waals surface area contributed by atoms with Gasteiger partial charge in [0.25, 0.3) is 0 Å². The largest absolute Gasteiger partial charge is 0.465 e. The van der Waals surface area contributed by atoms with Crippen molar-refractivity contribution >= 4 is 28.6 Å². The fourth-order valence-electron chi connectivity index (χ4n) is 6.30. The average molecular weight is 530 g/mol. The van der Waals surface area contributed by atoms with Gasteiger partial charge in [-0.25, -0.2) is 9.78 Å². The second-order valence-electron chi connectivity index (χ2n) is 10.4. The van der Waals surface area contributed by atoms with Crippen LogP contribution in [0.4, 0.5) is 0 Å². The quantitative estimate of drug-likeness (QED) is 0.260. The first-order valence-electron chi connectivity index (χ1n) is 13.4. The highest BCUT2D eigenvalue weighted by Gasteiger charge is 2.35. The predicted octanol–water partition coefficient (Wildman–Crippen LogP) is 7.66. The number of ether oxygens (including phenoxy) is 2. The Hall–Kier alpha value is -3.35. The van der Waals surface area contributed by atoms with E-state index in [-0.39, 0.29) is 0 Å².